The van der Waals surface area contributed by atoms with E-state index in [0.717, 1.165) is 5.69 Å². The molecule has 0 spiro atoms. The van der Waals surface area contributed by atoms with Crippen LogP contribution in [0.3, 0.4) is 0 Å². The average molecular weight is 179 g/mol. The molecule has 0 fully saturated rings. The standard InChI is InChI=1S/C10H13NO2/c1-3-13-7-10(12)9-5-4-8(2)11-6-9/h4-6H,3,7H2,1-2H3. The molecule has 0 aliphatic carbocycles. The number of ether oxygens (including phenoxy) is 1. The highest BCUT2D eigenvalue weighted by molar-refractivity contribution is 5.96. The zero-order valence-electron chi connectivity index (χ0n) is 7.91. The van der Waals surface area contributed by atoms with Crippen LogP contribution in [0, 0.1) is 6.92 Å². The van der Waals surface area contributed by atoms with Crippen molar-refractivity contribution in [3.63, 3.8) is 0 Å². The number of pyridine rings is 1. The molecule has 0 amide bonds. The van der Waals surface area contributed by atoms with Gasteiger partial charge < -0.3 is 4.74 Å². The van der Waals surface area contributed by atoms with Crippen molar-refractivity contribution >= 4 is 5.78 Å². The van der Waals surface area contributed by atoms with Gasteiger partial charge in [-0.2, -0.15) is 0 Å². The van der Waals surface area contributed by atoms with Crippen LogP contribution in [-0.2, 0) is 4.74 Å². The number of carbonyl (C=O) groups excluding carboxylic acids is 1. The molecule has 1 aromatic rings. The van der Waals surface area contributed by atoms with Gasteiger partial charge in [-0.05, 0) is 26.0 Å². The Morgan fingerprint density at radius 2 is 2.31 bits per heavy atom. The summed E-state index contributed by atoms with van der Waals surface area (Å²) in [6.07, 6.45) is 1.58. The van der Waals surface area contributed by atoms with Crippen molar-refractivity contribution in [2.75, 3.05) is 13.2 Å². The zero-order valence-corrected chi connectivity index (χ0v) is 7.91. The molecule has 0 radical (unpaired) electrons. The molecule has 13 heavy (non-hydrogen) atoms. The first-order valence-electron chi connectivity index (χ1n) is 4.27. The smallest absolute Gasteiger partial charge is 0.190 e. The monoisotopic (exact) mass is 179 g/mol. The molecular formula is C10H13NO2. The first-order valence-corrected chi connectivity index (χ1v) is 4.27. The van der Waals surface area contributed by atoms with Crippen LogP contribution < -0.4 is 0 Å². The Morgan fingerprint density at radius 1 is 1.54 bits per heavy atom. The third-order valence-corrected chi connectivity index (χ3v) is 1.67. The van der Waals surface area contributed by atoms with Crippen molar-refractivity contribution in [2.45, 2.75) is 13.8 Å². The maximum atomic E-state index is 11.3. The Morgan fingerprint density at radius 3 is 2.85 bits per heavy atom. The molecule has 0 aromatic carbocycles. The molecule has 0 bridgehead atoms. The molecule has 0 aliphatic heterocycles. The highest BCUT2D eigenvalue weighted by atomic mass is 16.5. The molecule has 0 atom stereocenters. The second-order valence-corrected chi connectivity index (χ2v) is 2.75. The van der Waals surface area contributed by atoms with Gasteiger partial charge in [0.2, 0.25) is 0 Å². The van der Waals surface area contributed by atoms with Gasteiger partial charge in [0.1, 0.15) is 6.61 Å². The molecule has 0 saturated heterocycles. The number of hydrogen-bond acceptors (Lipinski definition) is 3. The van der Waals surface area contributed by atoms with Crippen LogP contribution >= 0.6 is 0 Å². The summed E-state index contributed by atoms with van der Waals surface area (Å²) < 4.78 is 5.00. The molecule has 3 heteroatoms. The third kappa shape index (κ3) is 2.95. The van der Waals surface area contributed by atoms with E-state index >= 15 is 0 Å². The number of carbonyl (C=O) groups is 1. The lowest BCUT2D eigenvalue weighted by atomic mass is 10.2. The zero-order chi connectivity index (χ0) is 9.68. The Kier molecular flexibility index (Phi) is 3.58. The minimum Gasteiger partial charge on any atom is -0.374 e. The molecular weight excluding hydrogens is 166 g/mol. The number of aromatic nitrogens is 1. The normalized spacial score (nSPS) is 10.0. The van der Waals surface area contributed by atoms with Gasteiger partial charge in [0, 0.05) is 24.1 Å². The van der Waals surface area contributed by atoms with Crippen molar-refractivity contribution in [1.29, 1.82) is 0 Å². The largest absolute Gasteiger partial charge is 0.374 e. The summed E-state index contributed by atoms with van der Waals surface area (Å²) in [7, 11) is 0. The summed E-state index contributed by atoms with van der Waals surface area (Å²) in [6.45, 7) is 4.45. The van der Waals surface area contributed by atoms with E-state index in [2.05, 4.69) is 4.98 Å². The van der Waals surface area contributed by atoms with Crippen LogP contribution in [-0.4, -0.2) is 24.0 Å². The predicted octanol–water partition coefficient (Wildman–Crippen LogP) is 1.61. The summed E-state index contributed by atoms with van der Waals surface area (Å²) in [5.74, 6) is -0.0191. The fourth-order valence-corrected chi connectivity index (χ4v) is 0.911. The van der Waals surface area contributed by atoms with Crippen molar-refractivity contribution < 1.29 is 9.53 Å². The third-order valence-electron chi connectivity index (χ3n) is 1.67. The number of nitrogens with zero attached hydrogens (tertiary/aromatic N) is 1. The van der Waals surface area contributed by atoms with Gasteiger partial charge in [-0.15, -0.1) is 0 Å². The molecule has 0 saturated carbocycles. The summed E-state index contributed by atoms with van der Waals surface area (Å²) in [5, 5.41) is 0. The van der Waals surface area contributed by atoms with Gasteiger partial charge in [0.15, 0.2) is 5.78 Å². The second-order valence-electron chi connectivity index (χ2n) is 2.75. The maximum Gasteiger partial charge on any atom is 0.190 e. The second kappa shape index (κ2) is 4.72. The Balaban J connectivity index is 2.61. The van der Waals surface area contributed by atoms with E-state index in [4.69, 9.17) is 4.74 Å². The highest BCUT2D eigenvalue weighted by Gasteiger charge is 2.04. The van der Waals surface area contributed by atoms with Crippen molar-refractivity contribution in [1.82, 2.24) is 4.98 Å². The van der Waals surface area contributed by atoms with Gasteiger partial charge in [-0.1, -0.05) is 0 Å². The number of Topliss-reactive ketones (excluding diaryl/α,β-unsaturated/α-hetero) is 1. The van der Waals surface area contributed by atoms with E-state index in [1.165, 1.54) is 0 Å². The summed E-state index contributed by atoms with van der Waals surface area (Å²) in [5.41, 5.74) is 1.52. The molecule has 70 valence electrons. The summed E-state index contributed by atoms with van der Waals surface area (Å²) in [6, 6.07) is 3.59. The molecule has 1 heterocycles. The van der Waals surface area contributed by atoms with Crippen molar-refractivity contribution in [2.24, 2.45) is 0 Å². The predicted molar refractivity (Wildman–Crippen MR) is 49.8 cm³/mol. The molecule has 1 aromatic heterocycles. The number of hydrogen-bond donors (Lipinski definition) is 0. The Bertz CT molecular complexity index is 279. The number of rotatable bonds is 4. The fraction of sp³-hybridized carbons (Fsp3) is 0.400. The first-order chi connectivity index (χ1) is 6.24. The Hall–Kier alpha value is -1.22. The molecule has 3 nitrogen and oxygen atoms in total. The van der Waals surface area contributed by atoms with E-state index in [1.54, 1.807) is 12.3 Å². The van der Waals surface area contributed by atoms with Crippen LogP contribution in [0.15, 0.2) is 18.3 Å². The minimum atomic E-state index is -0.0191. The van der Waals surface area contributed by atoms with Crippen molar-refractivity contribution in [3.05, 3.63) is 29.6 Å². The molecule has 0 unspecified atom stereocenters. The van der Waals surface area contributed by atoms with Crippen LogP contribution in [0.4, 0.5) is 0 Å². The van der Waals surface area contributed by atoms with Crippen LogP contribution in [0.25, 0.3) is 0 Å². The number of ketones is 1. The average Bonchev–Trinajstić information content (AvgIpc) is 2.15. The van der Waals surface area contributed by atoms with E-state index in [9.17, 15) is 4.79 Å². The number of aryl methyl sites for hydroxylation is 1. The van der Waals surface area contributed by atoms with Gasteiger partial charge in [0.05, 0.1) is 0 Å². The SMILES string of the molecule is CCOCC(=O)c1ccc(C)nc1. The Labute approximate surface area is 77.8 Å². The van der Waals surface area contributed by atoms with Crippen LogP contribution in [0.1, 0.15) is 23.0 Å². The van der Waals surface area contributed by atoms with E-state index in [0.29, 0.717) is 12.2 Å². The molecule has 0 aliphatic rings. The summed E-state index contributed by atoms with van der Waals surface area (Å²) in [4.78, 5) is 15.4. The summed E-state index contributed by atoms with van der Waals surface area (Å²) >= 11 is 0. The molecule has 0 N–H and O–H groups in total. The highest BCUT2D eigenvalue weighted by Crippen LogP contribution is 2.00. The topological polar surface area (TPSA) is 39.2 Å². The maximum absolute atomic E-state index is 11.3. The van der Waals surface area contributed by atoms with Crippen LogP contribution in [0.5, 0.6) is 0 Å². The van der Waals surface area contributed by atoms with E-state index in [-0.39, 0.29) is 12.4 Å². The molecule has 1 rings (SSSR count). The fourth-order valence-electron chi connectivity index (χ4n) is 0.911. The van der Waals surface area contributed by atoms with Crippen LogP contribution in [0.2, 0.25) is 0 Å². The van der Waals surface area contributed by atoms with Gasteiger partial charge in [-0.25, -0.2) is 0 Å². The lowest BCUT2D eigenvalue weighted by Crippen LogP contribution is -2.09. The van der Waals surface area contributed by atoms with Gasteiger partial charge in [0.25, 0.3) is 0 Å². The van der Waals surface area contributed by atoms with Gasteiger partial charge in [-0.3, -0.25) is 9.78 Å². The minimum absolute atomic E-state index is 0.0191. The van der Waals surface area contributed by atoms with E-state index < -0.39 is 0 Å². The van der Waals surface area contributed by atoms with E-state index in [1.807, 2.05) is 19.9 Å². The lowest BCUT2D eigenvalue weighted by Gasteiger charge is -2.00. The van der Waals surface area contributed by atoms with Gasteiger partial charge >= 0.3 is 0 Å². The van der Waals surface area contributed by atoms with Crippen molar-refractivity contribution in [3.8, 4) is 0 Å². The first kappa shape index (κ1) is 9.86. The lowest BCUT2D eigenvalue weighted by molar-refractivity contribution is 0.0783. The quantitative estimate of drug-likeness (QED) is 0.659.